The second-order valence-electron chi connectivity index (χ2n) is 4.72. The van der Waals surface area contributed by atoms with Crippen molar-refractivity contribution in [3.63, 3.8) is 0 Å². The van der Waals surface area contributed by atoms with Gasteiger partial charge in [-0.15, -0.1) is 0 Å². The Kier molecular flexibility index (Phi) is 5.09. The number of nitrogens with zero attached hydrogens (tertiary/aromatic N) is 1. The molecule has 0 aromatic carbocycles. The lowest BCUT2D eigenvalue weighted by atomic mass is 9.98. The quantitative estimate of drug-likeness (QED) is 0.725. The summed E-state index contributed by atoms with van der Waals surface area (Å²) in [7, 11) is 1.88. The van der Waals surface area contributed by atoms with Crippen LogP contribution >= 0.6 is 0 Å². The van der Waals surface area contributed by atoms with E-state index in [1.54, 1.807) is 0 Å². The third kappa shape index (κ3) is 3.49. The largest absolute Gasteiger partial charge is 0.342 e. The molecule has 2 N–H and O–H groups in total. The molecule has 1 aliphatic carbocycles. The molecule has 0 heterocycles. The van der Waals surface area contributed by atoms with Crippen molar-refractivity contribution in [1.82, 2.24) is 4.90 Å². The zero-order valence-electron chi connectivity index (χ0n) is 10.0. The van der Waals surface area contributed by atoms with Crippen LogP contribution < -0.4 is 5.73 Å². The average Bonchev–Trinajstić information content (AvgIpc) is 2.54. The molecule has 0 saturated heterocycles. The summed E-state index contributed by atoms with van der Waals surface area (Å²) in [4.78, 5) is 14.0. The highest BCUT2D eigenvalue weighted by Gasteiger charge is 2.24. The molecule has 1 saturated carbocycles. The van der Waals surface area contributed by atoms with Gasteiger partial charge in [0.25, 0.3) is 0 Å². The first-order valence-electron chi connectivity index (χ1n) is 6.13. The van der Waals surface area contributed by atoms with Crippen LogP contribution in [0.3, 0.4) is 0 Å². The molecule has 88 valence electrons. The number of amides is 1. The Balaban J connectivity index is 2.49. The van der Waals surface area contributed by atoms with Gasteiger partial charge in [-0.3, -0.25) is 4.79 Å². The van der Waals surface area contributed by atoms with Gasteiger partial charge in [-0.05, 0) is 19.8 Å². The van der Waals surface area contributed by atoms with Crippen LogP contribution in [-0.4, -0.2) is 30.4 Å². The standard InChI is InChI=1S/C12H24N2O/c1-10(9-13)14(2)12(15)11-7-5-3-4-6-8-11/h10-11H,3-9,13H2,1-2H3. The Morgan fingerprint density at radius 3 is 2.33 bits per heavy atom. The molecule has 0 aromatic heterocycles. The molecule has 1 aliphatic rings. The third-order valence-electron chi connectivity index (χ3n) is 3.55. The van der Waals surface area contributed by atoms with Crippen LogP contribution in [0, 0.1) is 5.92 Å². The minimum atomic E-state index is 0.167. The van der Waals surface area contributed by atoms with E-state index in [1.165, 1.54) is 25.7 Å². The fourth-order valence-corrected chi connectivity index (χ4v) is 2.19. The van der Waals surface area contributed by atoms with E-state index in [4.69, 9.17) is 5.73 Å². The first-order valence-corrected chi connectivity index (χ1v) is 6.13. The van der Waals surface area contributed by atoms with E-state index in [1.807, 2.05) is 18.9 Å². The monoisotopic (exact) mass is 212 g/mol. The highest BCUT2D eigenvalue weighted by Crippen LogP contribution is 2.24. The summed E-state index contributed by atoms with van der Waals surface area (Å²) in [5.74, 6) is 0.557. The third-order valence-corrected chi connectivity index (χ3v) is 3.55. The van der Waals surface area contributed by atoms with Gasteiger partial charge < -0.3 is 10.6 Å². The summed E-state index contributed by atoms with van der Waals surface area (Å²) in [5.41, 5.74) is 5.58. The molecule has 3 heteroatoms. The topological polar surface area (TPSA) is 46.3 Å². The summed E-state index contributed by atoms with van der Waals surface area (Å²) >= 11 is 0. The van der Waals surface area contributed by atoms with E-state index in [-0.39, 0.29) is 12.0 Å². The smallest absolute Gasteiger partial charge is 0.225 e. The molecular formula is C12H24N2O. The summed E-state index contributed by atoms with van der Waals surface area (Å²) in [6, 6.07) is 0.167. The minimum Gasteiger partial charge on any atom is -0.342 e. The van der Waals surface area contributed by atoms with Crippen LogP contribution in [0.4, 0.5) is 0 Å². The van der Waals surface area contributed by atoms with Crippen molar-refractivity contribution >= 4 is 5.91 Å². The van der Waals surface area contributed by atoms with E-state index in [2.05, 4.69) is 0 Å². The van der Waals surface area contributed by atoms with Gasteiger partial charge in [0.15, 0.2) is 0 Å². The normalized spacial score (nSPS) is 20.7. The maximum Gasteiger partial charge on any atom is 0.225 e. The first-order chi connectivity index (χ1) is 7.16. The Hall–Kier alpha value is -0.570. The second-order valence-corrected chi connectivity index (χ2v) is 4.72. The Morgan fingerprint density at radius 1 is 1.33 bits per heavy atom. The number of nitrogens with two attached hydrogens (primary N) is 1. The van der Waals surface area contributed by atoms with Crippen molar-refractivity contribution in [3.05, 3.63) is 0 Å². The predicted molar refractivity (Wildman–Crippen MR) is 62.5 cm³/mol. The van der Waals surface area contributed by atoms with Gasteiger partial charge in [-0.25, -0.2) is 0 Å². The molecule has 1 unspecified atom stereocenters. The molecule has 3 nitrogen and oxygen atoms in total. The van der Waals surface area contributed by atoms with Crippen molar-refractivity contribution in [2.75, 3.05) is 13.6 Å². The van der Waals surface area contributed by atoms with Crippen LogP contribution in [0.5, 0.6) is 0 Å². The van der Waals surface area contributed by atoms with Gasteiger partial charge in [0.2, 0.25) is 5.91 Å². The number of hydrogen-bond donors (Lipinski definition) is 1. The van der Waals surface area contributed by atoms with E-state index in [0.717, 1.165) is 12.8 Å². The van der Waals surface area contributed by atoms with Crippen LogP contribution in [0.1, 0.15) is 45.4 Å². The van der Waals surface area contributed by atoms with E-state index >= 15 is 0 Å². The number of hydrogen-bond acceptors (Lipinski definition) is 2. The fourth-order valence-electron chi connectivity index (χ4n) is 2.19. The molecule has 1 amide bonds. The number of rotatable bonds is 3. The molecule has 0 radical (unpaired) electrons. The van der Waals surface area contributed by atoms with Crippen molar-refractivity contribution in [3.8, 4) is 0 Å². The van der Waals surface area contributed by atoms with Gasteiger partial charge in [-0.2, -0.15) is 0 Å². The summed E-state index contributed by atoms with van der Waals surface area (Å²) in [6.07, 6.45) is 7.14. The van der Waals surface area contributed by atoms with Gasteiger partial charge in [0, 0.05) is 25.6 Å². The van der Waals surface area contributed by atoms with Crippen LogP contribution in [0.2, 0.25) is 0 Å². The fraction of sp³-hybridized carbons (Fsp3) is 0.917. The SMILES string of the molecule is CC(CN)N(C)C(=O)C1CCCCCC1. The molecule has 15 heavy (non-hydrogen) atoms. The van der Waals surface area contributed by atoms with E-state index in [9.17, 15) is 4.79 Å². The highest BCUT2D eigenvalue weighted by molar-refractivity contribution is 5.78. The zero-order valence-corrected chi connectivity index (χ0v) is 10.0. The number of carbonyl (C=O) groups is 1. The minimum absolute atomic E-state index is 0.167. The van der Waals surface area contributed by atoms with Gasteiger partial charge in [-0.1, -0.05) is 25.7 Å². The summed E-state index contributed by atoms with van der Waals surface area (Å²) < 4.78 is 0. The molecule has 1 rings (SSSR count). The molecular weight excluding hydrogens is 188 g/mol. The Bertz CT molecular complexity index is 198. The van der Waals surface area contributed by atoms with Crippen LogP contribution in [0.25, 0.3) is 0 Å². The summed E-state index contributed by atoms with van der Waals surface area (Å²) in [6.45, 7) is 2.56. The van der Waals surface area contributed by atoms with Gasteiger partial charge in [0.1, 0.15) is 0 Å². The molecule has 1 atom stereocenters. The van der Waals surface area contributed by atoms with Crippen molar-refractivity contribution in [1.29, 1.82) is 0 Å². The summed E-state index contributed by atoms with van der Waals surface area (Å²) in [5, 5.41) is 0. The lowest BCUT2D eigenvalue weighted by Crippen LogP contribution is -2.42. The second kappa shape index (κ2) is 6.11. The maximum atomic E-state index is 12.1. The zero-order chi connectivity index (χ0) is 11.3. The van der Waals surface area contributed by atoms with E-state index in [0.29, 0.717) is 12.5 Å². The average molecular weight is 212 g/mol. The van der Waals surface area contributed by atoms with Crippen LogP contribution in [0.15, 0.2) is 0 Å². The molecule has 0 aliphatic heterocycles. The van der Waals surface area contributed by atoms with Gasteiger partial charge in [0.05, 0.1) is 0 Å². The molecule has 0 aromatic rings. The lowest BCUT2D eigenvalue weighted by molar-refractivity contribution is -0.136. The maximum absolute atomic E-state index is 12.1. The van der Waals surface area contributed by atoms with E-state index < -0.39 is 0 Å². The Labute approximate surface area is 93.0 Å². The molecule has 1 fully saturated rings. The Morgan fingerprint density at radius 2 is 1.87 bits per heavy atom. The highest BCUT2D eigenvalue weighted by atomic mass is 16.2. The number of carbonyl (C=O) groups excluding carboxylic acids is 1. The van der Waals surface area contributed by atoms with Gasteiger partial charge >= 0.3 is 0 Å². The number of likely N-dealkylation sites (N-methyl/N-ethyl adjacent to an activating group) is 1. The predicted octanol–water partition coefficient (Wildman–Crippen LogP) is 1.76. The van der Waals surface area contributed by atoms with Crippen LogP contribution in [-0.2, 0) is 4.79 Å². The van der Waals surface area contributed by atoms with Crippen molar-refractivity contribution < 1.29 is 4.79 Å². The van der Waals surface area contributed by atoms with Crippen molar-refractivity contribution in [2.45, 2.75) is 51.5 Å². The first kappa shape index (κ1) is 12.5. The molecule has 0 bridgehead atoms. The lowest BCUT2D eigenvalue weighted by Gasteiger charge is -2.27. The molecule has 0 spiro atoms. The van der Waals surface area contributed by atoms with Crippen molar-refractivity contribution in [2.24, 2.45) is 11.7 Å².